The fraction of sp³-hybridized carbons (Fsp3) is 0.429. The zero-order chi connectivity index (χ0) is 14.3. The minimum absolute atomic E-state index is 0.00197. The van der Waals surface area contributed by atoms with Crippen molar-refractivity contribution < 1.29 is 14.3 Å². The number of esters is 1. The summed E-state index contributed by atoms with van der Waals surface area (Å²) >= 11 is 11.8. The molecule has 1 N–H and O–H groups in total. The number of carbonyl (C=O) groups is 2. The normalized spacial score (nSPS) is 22.7. The Kier molecular flexibility index (Phi) is 3.38. The molecule has 1 heterocycles. The van der Waals surface area contributed by atoms with E-state index in [4.69, 9.17) is 27.9 Å². The molecule has 6 heteroatoms. The molecule has 1 unspecified atom stereocenters. The van der Waals surface area contributed by atoms with E-state index in [0.717, 1.165) is 11.3 Å². The van der Waals surface area contributed by atoms with Crippen molar-refractivity contribution in [3.05, 3.63) is 29.3 Å². The molecule has 3 rings (SSSR count). The number of alkyl halides is 2. The Morgan fingerprint density at radius 1 is 1.40 bits per heavy atom. The van der Waals surface area contributed by atoms with Crippen LogP contribution >= 0.6 is 23.2 Å². The predicted molar refractivity (Wildman–Crippen MR) is 76.2 cm³/mol. The van der Waals surface area contributed by atoms with Crippen LogP contribution in [0.1, 0.15) is 28.8 Å². The molecule has 0 aromatic heterocycles. The van der Waals surface area contributed by atoms with Crippen LogP contribution in [0.25, 0.3) is 0 Å². The lowest BCUT2D eigenvalue weighted by Crippen LogP contribution is -2.19. The van der Waals surface area contributed by atoms with Crippen LogP contribution in [0.2, 0.25) is 0 Å². The molecule has 1 amide bonds. The number of rotatable bonds is 3. The topological polar surface area (TPSA) is 55.4 Å². The fourth-order valence-electron chi connectivity index (χ4n) is 2.22. The molecule has 2 aliphatic rings. The van der Waals surface area contributed by atoms with Gasteiger partial charge in [-0.1, -0.05) is 0 Å². The molecule has 0 saturated heterocycles. The van der Waals surface area contributed by atoms with Crippen molar-refractivity contribution in [2.45, 2.75) is 23.6 Å². The summed E-state index contributed by atoms with van der Waals surface area (Å²) in [6.07, 6.45) is 1.73. The van der Waals surface area contributed by atoms with Gasteiger partial charge < -0.3 is 10.1 Å². The number of amides is 1. The Balaban J connectivity index is 1.65. The maximum absolute atomic E-state index is 11.9. The first-order valence-electron chi connectivity index (χ1n) is 6.43. The molecule has 1 saturated carbocycles. The molecule has 106 valence electrons. The van der Waals surface area contributed by atoms with Gasteiger partial charge in [-0.25, -0.2) is 4.79 Å². The minimum Gasteiger partial charge on any atom is -0.462 e. The van der Waals surface area contributed by atoms with E-state index >= 15 is 0 Å². The fourth-order valence-corrected chi connectivity index (χ4v) is 2.72. The van der Waals surface area contributed by atoms with Crippen LogP contribution in [-0.4, -0.2) is 22.8 Å². The molecule has 0 bridgehead atoms. The van der Waals surface area contributed by atoms with Crippen LogP contribution in [0.5, 0.6) is 0 Å². The summed E-state index contributed by atoms with van der Waals surface area (Å²) in [4.78, 5) is 23.2. The first kappa shape index (κ1) is 13.7. The Morgan fingerprint density at radius 3 is 2.85 bits per heavy atom. The number of fused-ring (bicyclic) bond motifs is 1. The number of ether oxygens (including phenoxy) is 1. The Morgan fingerprint density at radius 2 is 2.15 bits per heavy atom. The summed E-state index contributed by atoms with van der Waals surface area (Å²) in [5, 5.41) is 2.77. The third kappa shape index (κ3) is 2.76. The zero-order valence-corrected chi connectivity index (χ0v) is 12.1. The molecule has 1 aromatic carbocycles. The monoisotopic (exact) mass is 313 g/mol. The van der Waals surface area contributed by atoms with Crippen molar-refractivity contribution in [2.75, 3.05) is 11.9 Å². The van der Waals surface area contributed by atoms with Gasteiger partial charge >= 0.3 is 5.97 Å². The summed E-state index contributed by atoms with van der Waals surface area (Å²) in [7, 11) is 0. The zero-order valence-electron chi connectivity index (χ0n) is 10.6. The van der Waals surface area contributed by atoms with Gasteiger partial charge in [0.2, 0.25) is 5.91 Å². The maximum atomic E-state index is 11.9. The van der Waals surface area contributed by atoms with Crippen LogP contribution in [0.15, 0.2) is 18.2 Å². The van der Waals surface area contributed by atoms with E-state index in [2.05, 4.69) is 5.32 Å². The third-order valence-electron chi connectivity index (χ3n) is 3.61. The van der Waals surface area contributed by atoms with Gasteiger partial charge in [0.25, 0.3) is 0 Å². The van der Waals surface area contributed by atoms with Gasteiger partial charge in [0, 0.05) is 18.0 Å². The number of nitrogens with one attached hydrogen (secondary N) is 1. The predicted octanol–water partition coefficient (Wildman–Crippen LogP) is 2.92. The number of hydrogen-bond donors (Lipinski definition) is 1. The van der Waals surface area contributed by atoms with Gasteiger partial charge in [0.15, 0.2) is 0 Å². The average molecular weight is 314 g/mol. The molecule has 1 aromatic rings. The summed E-state index contributed by atoms with van der Waals surface area (Å²) in [6.45, 7) is 0.236. The van der Waals surface area contributed by atoms with Crippen molar-refractivity contribution in [1.82, 2.24) is 0 Å². The molecule has 20 heavy (non-hydrogen) atoms. The van der Waals surface area contributed by atoms with Crippen molar-refractivity contribution >= 4 is 40.8 Å². The second-order valence-corrected chi connectivity index (χ2v) is 6.72. The second-order valence-electron chi connectivity index (χ2n) is 5.18. The molecular weight excluding hydrogens is 301 g/mol. The molecule has 0 radical (unpaired) electrons. The molecule has 1 aliphatic carbocycles. The quantitative estimate of drug-likeness (QED) is 0.689. The average Bonchev–Trinajstić information content (AvgIpc) is 3.03. The van der Waals surface area contributed by atoms with Crippen LogP contribution in [0, 0.1) is 5.92 Å². The molecule has 1 aliphatic heterocycles. The highest BCUT2D eigenvalue weighted by Crippen LogP contribution is 2.53. The smallest absolute Gasteiger partial charge is 0.338 e. The largest absolute Gasteiger partial charge is 0.462 e. The number of benzene rings is 1. The van der Waals surface area contributed by atoms with Crippen molar-refractivity contribution in [3.8, 4) is 0 Å². The Hall–Kier alpha value is -1.26. The van der Waals surface area contributed by atoms with E-state index in [0.29, 0.717) is 24.8 Å². The summed E-state index contributed by atoms with van der Waals surface area (Å²) in [5.74, 6) is -0.366. The molecular formula is C14H13Cl2NO3. The van der Waals surface area contributed by atoms with Gasteiger partial charge in [-0.05, 0) is 36.6 Å². The number of carbonyl (C=O) groups excluding carboxylic acids is 2. The first-order valence-corrected chi connectivity index (χ1v) is 7.19. The number of aryl methyl sites for hydroxylation is 1. The van der Waals surface area contributed by atoms with Crippen molar-refractivity contribution in [1.29, 1.82) is 0 Å². The van der Waals surface area contributed by atoms with E-state index in [9.17, 15) is 9.59 Å². The van der Waals surface area contributed by atoms with E-state index in [-0.39, 0.29) is 24.4 Å². The lowest BCUT2D eigenvalue weighted by Gasteiger charge is -2.17. The summed E-state index contributed by atoms with van der Waals surface area (Å²) in [6, 6.07) is 5.14. The van der Waals surface area contributed by atoms with E-state index in [1.807, 2.05) is 0 Å². The van der Waals surface area contributed by atoms with Gasteiger partial charge in [-0.2, -0.15) is 0 Å². The third-order valence-corrected chi connectivity index (χ3v) is 4.53. The van der Waals surface area contributed by atoms with Gasteiger partial charge in [-0.15, -0.1) is 23.2 Å². The molecule has 1 fully saturated rings. The summed E-state index contributed by atoms with van der Waals surface area (Å²) < 4.78 is 4.47. The van der Waals surface area contributed by atoms with Crippen LogP contribution < -0.4 is 5.32 Å². The second kappa shape index (κ2) is 4.93. The SMILES string of the molecule is O=C1CCc2cc(C(=O)OCC3CC3(Cl)Cl)ccc2N1. The van der Waals surface area contributed by atoms with Crippen molar-refractivity contribution in [3.63, 3.8) is 0 Å². The van der Waals surface area contributed by atoms with Gasteiger partial charge in [0.05, 0.1) is 12.2 Å². The molecule has 1 atom stereocenters. The highest BCUT2D eigenvalue weighted by Gasteiger charge is 2.52. The lowest BCUT2D eigenvalue weighted by atomic mass is 10.0. The molecule has 0 spiro atoms. The first-order chi connectivity index (χ1) is 9.45. The Bertz CT molecular complexity index is 586. The van der Waals surface area contributed by atoms with E-state index in [1.54, 1.807) is 18.2 Å². The molecule has 4 nitrogen and oxygen atoms in total. The van der Waals surface area contributed by atoms with Crippen LogP contribution in [0.3, 0.4) is 0 Å². The van der Waals surface area contributed by atoms with Crippen LogP contribution in [-0.2, 0) is 16.0 Å². The van der Waals surface area contributed by atoms with Crippen molar-refractivity contribution in [2.24, 2.45) is 5.92 Å². The van der Waals surface area contributed by atoms with Gasteiger partial charge in [-0.3, -0.25) is 4.79 Å². The highest BCUT2D eigenvalue weighted by atomic mass is 35.5. The van der Waals surface area contributed by atoms with E-state index < -0.39 is 4.33 Å². The minimum atomic E-state index is -0.736. The standard InChI is InChI=1S/C14H13Cl2NO3/c15-14(16)6-10(14)7-20-13(19)9-1-3-11-8(5-9)2-4-12(18)17-11/h1,3,5,10H,2,4,6-7H2,(H,17,18). The van der Waals surface area contributed by atoms with Crippen LogP contribution in [0.4, 0.5) is 5.69 Å². The van der Waals surface area contributed by atoms with E-state index in [1.165, 1.54) is 0 Å². The number of halogens is 2. The maximum Gasteiger partial charge on any atom is 0.338 e. The highest BCUT2D eigenvalue weighted by molar-refractivity contribution is 6.50. The Labute approximate surface area is 126 Å². The van der Waals surface area contributed by atoms with Gasteiger partial charge in [0.1, 0.15) is 4.33 Å². The lowest BCUT2D eigenvalue weighted by molar-refractivity contribution is -0.116. The number of anilines is 1. The summed E-state index contributed by atoms with van der Waals surface area (Å²) in [5.41, 5.74) is 2.20. The number of hydrogen-bond acceptors (Lipinski definition) is 3.